The monoisotopic (exact) mass is 1110 g/mol. The molecule has 0 aliphatic heterocycles. The fourth-order valence-electron chi connectivity index (χ4n) is 9.48. The first kappa shape index (κ1) is 75.5. The second-order valence-electron chi connectivity index (χ2n) is 22.0. The van der Waals surface area contributed by atoms with Crippen LogP contribution < -0.4 is 5.73 Å². The number of carbonyl (C=O) groups excluding carboxylic acids is 2. The number of hydrogen-bond donors (Lipinski definition) is 2. The van der Waals surface area contributed by atoms with Crippen LogP contribution in [0.25, 0.3) is 0 Å². The fraction of sp³-hybridized carbons (Fsp3) is 0.794. The van der Waals surface area contributed by atoms with Gasteiger partial charge in [0.05, 0.1) is 13.2 Å². The zero-order chi connectivity index (χ0) is 56.6. The maximum absolute atomic E-state index is 12.7. The van der Waals surface area contributed by atoms with E-state index in [1.54, 1.807) is 0 Å². The van der Waals surface area contributed by atoms with Crippen LogP contribution in [0.15, 0.2) is 72.9 Å². The lowest BCUT2D eigenvalue weighted by Crippen LogP contribution is -2.29. The van der Waals surface area contributed by atoms with E-state index in [0.29, 0.717) is 6.42 Å². The maximum atomic E-state index is 12.7. The summed E-state index contributed by atoms with van der Waals surface area (Å²) < 4.78 is 33.1. The molecule has 0 rings (SSSR count). The summed E-state index contributed by atoms with van der Waals surface area (Å²) in [6.07, 6.45) is 82.8. The number of carbonyl (C=O) groups is 2. The molecule has 0 amide bonds. The molecule has 0 aliphatic carbocycles. The Balaban J connectivity index is 3.79. The number of rotatable bonds is 62. The summed E-state index contributed by atoms with van der Waals surface area (Å²) in [5.74, 6) is -0.824. The number of allylic oxidation sites excluding steroid dienone is 12. The van der Waals surface area contributed by atoms with Gasteiger partial charge in [-0.2, -0.15) is 0 Å². The number of esters is 2. The van der Waals surface area contributed by atoms with Gasteiger partial charge in [0.25, 0.3) is 0 Å². The van der Waals surface area contributed by atoms with E-state index in [-0.39, 0.29) is 38.6 Å². The van der Waals surface area contributed by atoms with Gasteiger partial charge in [0.2, 0.25) is 0 Å². The minimum atomic E-state index is -4.39. The van der Waals surface area contributed by atoms with E-state index in [1.165, 1.54) is 205 Å². The molecule has 0 heterocycles. The molecular formula is C68H124NO8P. The highest BCUT2D eigenvalue weighted by Gasteiger charge is 2.26. The molecule has 0 aromatic carbocycles. The quantitative estimate of drug-likeness (QED) is 0.0264. The first-order chi connectivity index (χ1) is 38.3. The minimum Gasteiger partial charge on any atom is -0.462 e. The van der Waals surface area contributed by atoms with Gasteiger partial charge in [0.1, 0.15) is 6.61 Å². The Bertz CT molecular complexity index is 1510. The molecule has 0 saturated carbocycles. The van der Waals surface area contributed by atoms with Gasteiger partial charge in [-0.25, -0.2) is 4.57 Å². The van der Waals surface area contributed by atoms with Crippen LogP contribution in [0.3, 0.4) is 0 Å². The van der Waals surface area contributed by atoms with Crippen molar-refractivity contribution in [2.24, 2.45) is 5.73 Å². The lowest BCUT2D eigenvalue weighted by Gasteiger charge is -2.19. The number of nitrogens with two attached hydrogens (primary N) is 1. The van der Waals surface area contributed by atoms with Gasteiger partial charge in [0, 0.05) is 19.4 Å². The van der Waals surface area contributed by atoms with Crippen molar-refractivity contribution in [3.8, 4) is 0 Å². The molecule has 2 atom stereocenters. The van der Waals surface area contributed by atoms with Crippen LogP contribution in [0.1, 0.15) is 316 Å². The third-order valence-corrected chi connectivity index (χ3v) is 15.3. The van der Waals surface area contributed by atoms with Gasteiger partial charge >= 0.3 is 19.8 Å². The number of phosphoric acid groups is 1. The Labute approximate surface area is 482 Å². The molecule has 0 bridgehead atoms. The molecule has 0 saturated heterocycles. The molecule has 2 unspecified atom stereocenters. The number of ether oxygens (including phenoxy) is 2. The molecule has 3 N–H and O–H groups in total. The van der Waals surface area contributed by atoms with Crippen molar-refractivity contribution in [2.45, 2.75) is 322 Å². The van der Waals surface area contributed by atoms with E-state index in [0.717, 1.165) is 77.0 Å². The summed E-state index contributed by atoms with van der Waals surface area (Å²) in [5, 5.41) is 0. The van der Waals surface area contributed by atoms with Gasteiger partial charge < -0.3 is 20.1 Å². The van der Waals surface area contributed by atoms with E-state index >= 15 is 0 Å². The number of unbranched alkanes of at least 4 members (excludes halogenated alkanes) is 37. The highest BCUT2D eigenvalue weighted by atomic mass is 31.2. The SMILES string of the molecule is CC/C=C\C/C=C\C/C=C\C/C=C\CCCCCCCCCCCCCCCCCCCCCCCCCCCCC(=O)OC(COC(=O)CCCCCCCCC/C=C\C/C=C\CCCCCC)COP(=O)(O)OCCN. The predicted octanol–water partition coefficient (Wildman–Crippen LogP) is 21.2. The Hall–Kier alpha value is -2.55. The summed E-state index contributed by atoms with van der Waals surface area (Å²) >= 11 is 0. The van der Waals surface area contributed by atoms with E-state index < -0.39 is 26.5 Å². The van der Waals surface area contributed by atoms with Crippen LogP contribution in [0.5, 0.6) is 0 Å². The van der Waals surface area contributed by atoms with Gasteiger partial charge in [-0.3, -0.25) is 18.6 Å². The molecule has 454 valence electrons. The van der Waals surface area contributed by atoms with Gasteiger partial charge in [-0.05, 0) is 83.5 Å². The van der Waals surface area contributed by atoms with Crippen molar-refractivity contribution >= 4 is 19.8 Å². The molecule has 0 aromatic rings. The smallest absolute Gasteiger partial charge is 0.462 e. The van der Waals surface area contributed by atoms with E-state index in [4.69, 9.17) is 24.3 Å². The summed E-state index contributed by atoms with van der Waals surface area (Å²) in [7, 11) is -4.39. The standard InChI is InChI=1S/C68H124NO8P/c1-3-5-7-9-11-13-15-17-19-21-23-24-25-26-27-28-29-30-31-32-33-34-35-36-37-38-39-40-41-42-43-45-47-49-51-53-55-57-59-61-68(71)77-66(65-76-78(72,73)75-63-62-69)64-74-67(70)60-58-56-54-52-50-48-46-44-22-20-18-16-14-12-10-8-6-4-2/h5,7,11,13-14,16-17,19-20,22-24,66H,3-4,6,8-10,12,15,18,21,25-65,69H2,1-2H3,(H,72,73)/b7-5-,13-11-,16-14-,19-17-,22-20-,24-23-. The average Bonchev–Trinajstić information content (AvgIpc) is 3.43. The van der Waals surface area contributed by atoms with Crippen molar-refractivity contribution in [3.63, 3.8) is 0 Å². The molecule has 0 fully saturated rings. The first-order valence-electron chi connectivity index (χ1n) is 32.9. The van der Waals surface area contributed by atoms with Gasteiger partial charge in [-0.15, -0.1) is 0 Å². The third-order valence-electron chi connectivity index (χ3n) is 14.3. The van der Waals surface area contributed by atoms with Crippen LogP contribution in [-0.2, 0) is 32.7 Å². The first-order valence-corrected chi connectivity index (χ1v) is 34.4. The van der Waals surface area contributed by atoms with Gasteiger partial charge in [-0.1, -0.05) is 292 Å². The van der Waals surface area contributed by atoms with Crippen LogP contribution in [-0.4, -0.2) is 49.3 Å². The second-order valence-corrected chi connectivity index (χ2v) is 23.4. The summed E-state index contributed by atoms with van der Waals surface area (Å²) in [6.45, 7) is 3.64. The fourth-order valence-corrected chi connectivity index (χ4v) is 10.2. The molecule has 9 nitrogen and oxygen atoms in total. The summed E-state index contributed by atoms with van der Waals surface area (Å²) in [5.41, 5.74) is 5.39. The molecular weight excluding hydrogens is 990 g/mol. The minimum absolute atomic E-state index is 0.0523. The third kappa shape index (κ3) is 62.6. The maximum Gasteiger partial charge on any atom is 0.472 e. The van der Waals surface area contributed by atoms with Crippen LogP contribution in [0, 0.1) is 0 Å². The highest BCUT2D eigenvalue weighted by Crippen LogP contribution is 2.43. The Morgan fingerprint density at radius 2 is 0.705 bits per heavy atom. The van der Waals surface area contributed by atoms with Gasteiger partial charge in [0.15, 0.2) is 6.10 Å². The predicted molar refractivity (Wildman–Crippen MR) is 335 cm³/mol. The normalized spacial score (nSPS) is 13.4. The largest absolute Gasteiger partial charge is 0.472 e. The molecule has 0 radical (unpaired) electrons. The molecule has 78 heavy (non-hydrogen) atoms. The Kier molecular flexibility index (Phi) is 61.5. The topological polar surface area (TPSA) is 134 Å². The zero-order valence-electron chi connectivity index (χ0n) is 50.9. The van der Waals surface area contributed by atoms with Crippen LogP contribution in [0.2, 0.25) is 0 Å². The van der Waals surface area contributed by atoms with Crippen LogP contribution >= 0.6 is 7.82 Å². The van der Waals surface area contributed by atoms with Crippen molar-refractivity contribution < 1.29 is 37.6 Å². The Morgan fingerprint density at radius 3 is 1.05 bits per heavy atom. The lowest BCUT2D eigenvalue weighted by atomic mass is 10.0. The second kappa shape index (κ2) is 63.6. The van der Waals surface area contributed by atoms with Crippen molar-refractivity contribution in [1.29, 1.82) is 0 Å². The summed E-state index contributed by atoms with van der Waals surface area (Å²) in [4.78, 5) is 35.2. The molecule has 10 heteroatoms. The van der Waals surface area contributed by atoms with Crippen molar-refractivity contribution in [3.05, 3.63) is 72.9 Å². The average molecular weight is 1110 g/mol. The van der Waals surface area contributed by atoms with E-state index in [9.17, 15) is 19.0 Å². The van der Waals surface area contributed by atoms with E-state index in [1.807, 2.05) is 0 Å². The summed E-state index contributed by atoms with van der Waals surface area (Å²) in [6, 6.07) is 0. The molecule has 0 spiro atoms. The van der Waals surface area contributed by atoms with E-state index in [2.05, 4.69) is 86.8 Å². The number of hydrogen-bond acceptors (Lipinski definition) is 8. The molecule has 0 aromatic heterocycles. The highest BCUT2D eigenvalue weighted by molar-refractivity contribution is 7.47. The Morgan fingerprint density at radius 1 is 0.397 bits per heavy atom. The number of phosphoric ester groups is 1. The lowest BCUT2D eigenvalue weighted by molar-refractivity contribution is -0.161. The van der Waals surface area contributed by atoms with Crippen LogP contribution in [0.4, 0.5) is 0 Å². The van der Waals surface area contributed by atoms with Crippen molar-refractivity contribution in [2.75, 3.05) is 26.4 Å². The molecule has 0 aliphatic rings. The van der Waals surface area contributed by atoms with Crippen molar-refractivity contribution in [1.82, 2.24) is 0 Å². The zero-order valence-corrected chi connectivity index (χ0v) is 51.8.